The largest absolute Gasteiger partial charge is 0.497 e. The molecule has 2 atom stereocenters. The molecule has 1 heterocycles. The second kappa shape index (κ2) is 6.34. The number of rotatable bonds is 3. The van der Waals surface area contributed by atoms with Gasteiger partial charge in [0.2, 0.25) is 5.91 Å². The number of nitrogens with zero attached hydrogens (tertiary/aromatic N) is 1. The van der Waals surface area contributed by atoms with Crippen molar-refractivity contribution < 1.29 is 9.53 Å². The summed E-state index contributed by atoms with van der Waals surface area (Å²) < 4.78 is 6.21. The Morgan fingerprint density at radius 2 is 1.73 bits per heavy atom. The van der Waals surface area contributed by atoms with E-state index in [-0.39, 0.29) is 16.5 Å². The lowest BCUT2D eigenvalue weighted by atomic mass is 10.1. The Morgan fingerprint density at radius 3 is 2.32 bits per heavy atom. The summed E-state index contributed by atoms with van der Waals surface area (Å²) in [5, 5.41) is -0.0506. The van der Waals surface area contributed by atoms with Crippen molar-refractivity contribution in [2.45, 2.75) is 17.5 Å². The molecule has 2 aromatic carbocycles. The van der Waals surface area contributed by atoms with Crippen molar-refractivity contribution in [1.82, 2.24) is 0 Å². The number of ether oxygens (including phenoxy) is 1. The molecule has 0 aliphatic carbocycles. The highest BCUT2D eigenvalue weighted by Gasteiger charge is 2.39. The molecule has 0 spiro atoms. The van der Waals surface area contributed by atoms with E-state index in [1.807, 2.05) is 60.4 Å². The first-order valence-electron chi connectivity index (χ1n) is 6.98. The van der Waals surface area contributed by atoms with Gasteiger partial charge in [0.05, 0.1) is 12.4 Å². The van der Waals surface area contributed by atoms with Crippen molar-refractivity contribution in [2.75, 3.05) is 12.0 Å². The molecular formula is C17H16BrNO2S. The zero-order valence-electron chi connectivity index (χ0n) is 12.3. The molecule has 3 rings (SSSR count). The summed E-state index contributed by atoms with van der Waals surface area (Å²) in [5.41, 5.74) is 2.03. The van der Waals surface area contributed by atoms with E-state index in [0.29, 0.717) is 0 Å². The Morgan fingerprint density at radius 1 is 1.09 bits per heavy atom. The molecule has 3 nitrogen and oxygen atoms in total. The van der Waals surface area contributed by atoms with Gasteiger partial charge in [-0.2, -0.15) is 0 Å². The van der Waals surface area contributed by atoms with Gasteiger partial charge >= 0.3 is 0 Å². The normalized spacial score (nSPS) is 21.2. The van der Waals surface area contributed by atoms with E-state index in [2.05, 4.69) is 15.9 Å². The number of thioether (sulfide) groups is 1. The summed E-state index contributed by atoms with van der Waals surface area (Å²) in [7, 11) is 1.65. The lowest BCUT2D eigenvalue weighted by molar-refractivity contribution is -0.117. The van der Waals surface area contributed by atoms with Crippen LogP contribution in [0.4, 0.5) is 5.69 Å². The summed E-state index contributed by atoms with van der Waals surface area (Å²) in [6, 6.07) is 15.8. The maximum Gasteiger partial charge on any atom is 0.241 e. The molecule has 1 aliphatic heterocycles. The molecule has 1 aliphatic rings. The maximum atomic E-state index is 12.6. The summed E-state index contributed by atoms with van der Waals surface area (Å²) >= 11 is 5.11. The van der Waals surface area contributed by atoms with Gasteiger partial charge in [-0.25, -0.2) is 0 Å². The predicted molar refractivity (Wildman–Crippen MR) is 94.4 cm³/mol. The van der Waals surface area contributed by atoms with E-state index in [9.17, 15) is 4.79 Å². The third-order valence-corrected chi connectivity index (χ3v) is 5.54. The van der Waals surface area contributed by atoms with Gasteiger partial charge in [-0.15, -0.1) is 11.8 Å². The van der Waals surface area contributed by atoms with Crippen LogP contribution < -0.4 is 9.64 Å². The van der Waals surface area contributed by atoms with Gasteiger partial charge < -0.3 is 4.74 Å². The smallest absolute Gasteiger partial charge is 0.241 e. The highest BCUT2D eigenvalue weighted by molar-refractivity contribution is 9.10. The van der Waals surface area contributed by atoms with Crippen LogP contribution in [0.3, 0.4) is 0 Å². The average Bonchev–Trinajstić information content (AvgIpc) is 2.84. The molecule has 0 aromatic heterocycles. The number of hydrogen-bond acceptors (Lipinski definition) is 3. The Bertz CT molecular complexity index is 672. The van der Waals surface area contributed by atoms with Crippen LogP contribution in [0.5, 0.6) is 5.75 Å². The van der Waals surface area contributed by atoms with Crippen molar-refractivity contribution in [2.24, 2.45) is 0 Å². The highest BCUT2D eigenvalue weighted by atomic mass is 79.9. The Labute approximate surface area is 142 Å². The highest BCUT2D eigenvalue weighted by Crippen LogP contribution is 2.45. The fourth-order valence-corrected chi connectivity index (χ4v) is 4.03. The molecule has 22 heavy (non-hydrogen) atoms. The zero-order valence-corrected chi connectivity index (χ0v) is 14.7. The van der Waals surface area contributed by atoms with Gasteiger partial charge in [0.15, 0.2) is 0 Å². The maximum absolute atomic E-state index is 12.6. The Kier molecular flexibility index (Phi) is 4.45. The van der Waals surface area contributed by atoms with Gasteiger partial charge in [-0.05, 0) is 48.9 Å². The van der Waals surface area contributed by atoms with Gasteiger partial charge in [-0.3, -0.25) is 9.69 Å². The van der Waals surface area contributed by atoms with Crippen molar-refractivity contribution in [3.8, 4) is 5.75 Å². The molecule has 0 N–H and O–H groups in total. The molecule has 1 fully saturated rings. The first kappa shape index (κ1) is 15.4. The molecule has 0 radical (unpaired) electrons. The summed E-state index contributed by atoms with van der Waals surface area (Å²) in [5.74, 6) is 0.967. The van der Waals surface area contributed by atoms with E-state index in [0.717, 1.165) is 21.5 Å². The van der Waals surface area contributed by atoms with Crippen LogP contribution in [-0.2, 0) is 4.79 Å². The van der Waals surface area contributed by atoms with Crippen molar-refractivity contribution >= 4 is 39.3 Å². The van der Waals surface area contributed by atoms with Crippen molar-refractivity contribution in [1.29, 1.82) is 0 Å². The number of hydrogen-bond donors (Lipinski definition) is 0. The number of benzene rings is 2. The standard InChI is InChI=1S/C17H16BrNO2S/c1-11-16(20)19(14-7-5-13(18)6-8-14)17(22-11)12-3-9-15(21-2)10-4-12/h3-11,17H,1-2H3/t11-,17+/m0/s1. The van der Waals surface area contributed by atoms with Crippen LogP contribution in [0, 0.1) is 0 Å². The van der Waals surface area contributed by atoms with E-state index >= 15 is 0 Å². The average molecular weight is 378 g/mol. The molecule has 0 bridgehead atoms. The quantitative estimate of drug-likeness (QED) is 0.780. The third-order valence-electron chi connectivity index (χ3n) is 3.66. The summed E-state index contributed by atoms with van der Waals surface area (Å²) in [6.07, 6.45) is 0. The van der Waals surface area contributed by atoms with Crippen LogP contribution in [0.2, 0.25) is 0 Å². The third kappa shape index (κ3) is 2.88. The van der Waals surface area contributed by atoms with Crippen LogP contribution in [-0.4, -0.2) is 18.3 Å². The second-order valence-electron chi connectivity index (χ2n) is 5.09. The SMILES string of the molecule is COc1ccc([C@H]2S[C@@H](C)C(=O)N2c2ccc(Br)cc2)cc1. The minimum atomic E-state index is -0.0456. The lowest BCUT2D eigenvalue weighted by Gasteiger charge is -2.24. The van der Waals surface area contributed by atoms with Gasteiger partial charge in [0.1, 0.15) is 11.1 Å². The fraction of sp³-hybridized carbons (Fsp3) is 0.235. The van der Waals surface area contributed by atoms with Gasteiger partial charge in [0, 0.05) is 10.2 Å². The zero-order chi connectivity index (χ0) is 15.7. The van der Waals surface area contributed by atoms with Crippen molar-refractivity contribution in [3.63, 3.8) is 0 Å². The molecule has 1 amide bonds. The van der Waals surface area contributed by atoms with Crippen LogP contribution >= 0.6 is 27.7 Å². The number of methoxy groups -OCH3 is 1. The van der Waals surface area contributed by atoms with Crippen LogP contribution in [0.1, 0.15) is 17.9 Å². The predicted octanol–water partition coefficient (Wildman–Crippen LogP) is 4.62. The van der Waals surface area contributed by atoms with Crippen LogP contribution in [0.25, 0.3) is 0 Å². The monoisotopic (exact) mass is 377 g/mol. The second-order valence-corrected chi connectivity index (χ2v) is 7.43. The number of halogens is 1. The fourth-order valence-electron chi connectivity index (χ4n) is 2.48. The van der Waals surface area contributed by atoms with Crippen LogP contribution in [0.15, 0.2) is 53.0 Å². The van der Waals surface area contributed by atoms with E-state index in [1.165, 1.54) is 0 Å². The molecule has 0 unspecified atom stereocenters. The molecule has 2 aromatic rings. The Hall–Kier alpha value is -1.46. The number of amides is 1. The number of carbonyl (C=O) groups is 1. The van der Waals surface area contributed by atoms with Gasteiger partial charge in [-0.1, -0.05) is 28.1 Å². The molecule has 0 saturated carbocycles. The molecule has 5 heteroatoms. The summed E-state index contributed by atoms with van der Waals surface area (Å²) in [4.78, 5) is 14.4. The summed E-state index contributed by atoms with van der Waals surface area (Å²) in [6.45, 7) is 1.96. The van der Waals surface area contributed by atoms with E-state index in [1.54, 1.807) is 18.9 Å². The number of carbonyl (C=O) groups excluding carboxylic acids is 1. The minimum Gasteiger partial charge on any atom is -0.497 e. The lowest BCUT2D eigenvalue weighted by Crippen LogP contribution is -2.30. The molecule has 114 valence electrons. The Balaban J connectivity index is 1.97. The minimum absolute atomic E-state index is 0.00502. The first-order chi connectivity index (χ1) is 10.6. The molecule has 1 saturated heterocycles. The number of anilines is 1. The molecular weight excluding hydrogens is 362 g/mol. The van der Waals surface area contributed by atoms with Crippen molar-refractivity contribution in [3.05, 3.63) is 58.6 Å². The topological polar surface area (TPSA) is 29.5 Å². The van der Waals surface area contributed by atoms with Gasteiger partial charge in [0.25, 0.3) is 0 Å². The van der Waals surface area contributed by atoms with E-state index < -0.39 is 0 Å². The first-order valence-corrected chi connectivity index (χ1v) is 8.72. The van der Waals surface area contributed by atoms with E-state index in [4.69, 9.17) is 4.74 Å².